The topological polar surface area (TPSA) is 87.3 Å². The predicted octanol–water partition coefficient (Wildman–Crippen LogP) is 5.22. The van der Waals surface area contributed by atoms with E-state index >= 15 is 0 Å². The van der Waals surface area contributed by atoms with Gasteiger partial charge in [0.1, 0.15) is 0 Å². The van der Waals surface area contributed by atoms with E-state index in [2.05, 4.69) is 35.4 Å². The minimum absolute atomic E-state index is 0.0453. The van der Waals surface area contributed by atoms with Gasteiger partial charge in [0.25, 0.3) is 11.8 Å². The number of carbonyl (C=O) groups is 2. The Morgan fingerprint density at radius 3 is 2.79 bits per heavy atom. The molecule has 1 aromatic heterocycles. The van der Waals surface area contributed by atoms with Crippen molar-refractivity contribution in [2.45, 2.75) is 71.5 Å². The number of carbonyl (C=O) groups excluding carboxylic acids is 2. The molecule has 7 heteroatoms. The molecule has 2 atom stereocenters. The zero-order valence-electron chi connectivity index (χ0n) is 22.5. The van der Waals surface area contributed by atoms with Crippen molar-refractivity contribution in [3.8, 4) is 11.3 Å². The summed E-state index contributed by atoms with van der Waals surface area (Å²) >= 11 is 0. The van der Waals surface area contributed by atoms with Gasteiger partial charge in [-0.15, -0.1) is 0 Å². The summed E-state index contributed by atoms with van der Waals surface area (Å²) in [4.78, 5) is 27.9. The Bertz CT molecular complexity index is 1370. The summed E-state index contributed by atoms with van der Waals surface area (Å²) in [6.07, 6.45) is 5.10. The van der Waals surface area contributed by atoms with Crippen LogP contribution in [0.3, 0.4) is 0 Å². The molecule has 1 aliphatic carbocycles. The fourth-order valence-electron chi connectivity index (χ4n) is 6.11. The molecular weight excluding hydrogens is 476 g/mol. The number of hydrogen-bond donors (Lipinski definition) is 2. The van der Waals surface area contributed by atoms with Crippen LogP contribution in [0.2, 0.25) is 0 Å². The molecular formula is C31H36N4O3. The van der Waals surface area contributed by atoms with Crippen molar-refractivity contribution < 1.29 is 14.3 Å². The van der Waals surface area contributed by atoms with Crippen LogP contribution in [0, 0.1) is 5.41 Å². The van der Waals surface area contributed by atoms with Gasteiger partial charge >= 0.3 is 0 Å². The Kier molecular flexibility index (Phi) is 6.34. The molecule has 198 valence electrons. The molecule has 2 N–H and O–H groups in total. The minimum Gasteiger partial charge on any atom is -0.379 e. The molecule has 1 unspecified atom stereocenters. The Morgan fingerprint density at radius 2 is 2.03 bits per heavy atom. The fourth-order valence-corrected chi connectivity index (χ4v) is 6.11. The molecule has 38 heavy (non-hydrogen) atoms. The molecule has 3 aromatic rings. The van der Waals surface area contributed by atoms with Crippen LogP contribution < -0.4 is 5.32 Å². The van der Waals surface area contributed by atoms with Gasteiger partial charge in [-0.25, -0.2) is 0 Å². The molecule has 0 bridgehead atoms. The van der Waals surface area contributed by atoms with Gasteiger partial charge in [-0.1, -0.05) is 32.0 Å². The van der Waals surface area contributed by atoms with E-state index in [1.165, 1.54) is 11.3 Å². The van der Waals surface area contributed by atoms with Crippen molar-refractivity contribution in [1.82, 2.24) is 20.4 Å². The van der Waals surface area contributed by atoms with Gasteiger partial charge in [-0.3, -0.25) is 14.7 Å². The van der Waals surface area contributed by atoms with Gasteiger partial charge in [0.05, 0.1) is 24.4 Å². The van der Waals surface area contributed by atoms with Crippen LogP contribution >= 0.6 is 0 Å². The lowest BCUT2D eigenvalue weighted by Crippen LogP contribution is -2.40. The van der Waals surface area contributed by atoms with Crippen molar-refractivity contribution in [1.29, 1.82) is 0 Å². The summed E-state index contributed by atoms with van der Waals surface area (Å²) in [5.41, 5.74) is 8.38. The van der Waals surface area contributed by atoms with Crippen LogP contribution in [-0.2, 0) is 24.1 Å². The first-order valence-electron chi connectivity index (χ1n) is 13.8. The molecule has 0 saturated carbocycles. The van der Waals surface area contributed by atoms with Crippen molar-refractivity contribution in [3.63, 3.8) is 0 Å². The molecule has 7 nitrogen and oxygen atoms in total. The molecule has 1 saturated heterocycles. The Balaban J connectivity index is 1.16. The third-order valence-corrected chi connectivity index (χ3v) is 8.49. The van der Waals surface area contributed by atoms with E-state index in [4.69, 9.17) is 4.74 Å². The van der Waals surface area contributed by atoms with Crippen molar-refractivity contribution >= 4 is 11.8 Å². The first kappa shape index (κ1) is 24.9. The summed E-state index contributed by atoms with van der Waals surface area (Å²) < 4.78 is 5.47. The lowest BCUT2D eigenvalue weighted by Gasteiger charge is -2.29. The zero-order valence-corrected chi connectivity index (χ0v) is 22.5. The second-order valence-electron chi connectivity index (χ2n) is 11.9. The van der Waals surface area contributed by atoms with E-state index in [-0.39, 0.29) is 23.9 Å². The summed E-state index contributed by atoms with van der Waals surface area (Å²) in [5.74, 6) is -0.0371. The number of nitrogens with zero attached hydrogens (tertiary/aromatic N) is 2. The quantitative estimate of drug-likeness (QED) is 0.491. The third kappa shape index (κ3) is 4.64. The molecule has 2 amide bonds. The SMILES string of the molecule is C[C@H](c1ccc(C(=O)NC2CCCOC2)cc1)N1Cc2cc(-c3n[nH]c4c3CCC(C)(C)C4)ccc2C1=O. The molecule has 2 aromatic carbocycles. The number of rotatable bonds is 5. The first-order valence-corrected chi connectivity index (χ1v) is 13.8. The average Bonchev–Trinajstić information content (AvgIpc) is 3.48. The van der Waals surface area contributed by atoms with Gasteiger partial charge in [0, 0.05) is 41.1 Å². The van der Waals surface area contributed by atoms with Crippen LogP contribution in [0.15, 0.2) is 42.5 Å². The normalized spacial score (nSPS) is 21.1. The number of benzene rings is 2. The summed E-state index contributed by atoms with van der Waals surface area (Å²) in [6, 6.07) is 13.7. The van der Waals surface area contributed by atoms with Crippen LogP contribution in [-0.4, -0.2) is 46.2 Å². The number of ether oxygens (including phenoxy) is 1. The van der Waals surface area contributed by atoms with E-state index in [0.717, 1.165) is 66.7 Å². The van der Waals surface area contributed by atoms with Crippen molar-refractivity contribution in [2.75, 3.05) is 13.2 Å². The van der Waals surface area contributed by atoms with E-state index in [1.807, 2.05) is 48.2 Å². The Morgan fingerprint density at radius 1 is 1.21 bits per heavy atom. The number of fused-ring (bicyclic) bond motifs is 2. The smallest absolute Gasteiger partial charge is 0.255 e. The second-order valence-corrected chi connectivity index (χ2v) is 11.9. The highest BCUT2D eigenvalue weighted by molar-refractivity contribution is 5.99. The van der Waals surface area contributed by atoms with Gasteiger partial charge in [-0.05, 0) is 79.8 Å². The lowest BCUT2D eigenvalue weighted by molar-refractivity contribution is 0.0624. The van der Waals surface area contributed by atoms with E-state index in [0.29, 0.717) is 24.1 Å². The Hall–Kier alpha value is -3.45. The number of aromatic nitrogens is 2. The maximum absolute atomic E-state index is 13.3. The number of H-pyrrole nitrogens is 1. The van der Waals surface area contributed by atoms with Crippen molar-refractivity contribution in [3.05, 3.63) is 76.0 Å². The minimum atomic E-state index is -0.109. The molecule has 0 spiro atoms. The van der Waals surface area contributed by atoms with Crippen LogP contribution in [0.5, 0.6) is 0 Å². The zero-order chi connectivity index (χ0) is 26.4. The van der Waals surface area contributed by atoms with Crippen molar-refractivity contribution in [2.24, 2.45) is 5.41 Å². The van der Waals surface area contributed by atoms with Gasteiger partial charge in [0.15, 0.2) is 0 Å². The van der Waals surface area contributed by atoms with Gasteiger partial charge < -0.3 is 15.0 Å². The standard InChI is InChI=1S/C31H36N4O3/c1-19(20-6-8-21(9-7-20)29(36)32-24-5-4-14-38-18-24)35-17-23-15-22(10-11-25(23)30(35)37)28-26-12-13-31(2,3)16-27(26)33-34-28/h6-11,15,19,24H,4-5,12-14,16-18H2,1-3H3,(H,32,36)(H,33,34)/t19-,24?/m1/s1. The van der Waals surface area contributed by atoms with Gasteiger partial charge in [0.2, 0.25) is 0 Å². The molecule has 0 radical (unpaired) electrons. The predicted molar refractivity (Wildman–Crippen MR) is 146 cm³/mol. The number of amides is 2. The molecule has 2 aliphatic heterocycles. The van der Waals surface area contributed by atoms with E-state index in [1.54, 1.807) is 0 Å². The fraction of sp³-hybridized carbons (Fsp3) is 0.452. The highest BCUT2D eigenvalue weighted by Gasteiger charge is 2.33. The second kappa shape index (κ2) is 9.70. The average molecular weight is 513 g/mol. The highest BCUT2D eigenvalue weighted by atomic mass is 16.5. The third-order valence-electron chi connectivity index (χ3n) is 8.49. The maximum Gasteiger partial charge on any atom is 0.255 e. The van der Waals surface area contributed by atoms with Crippen LogP contribution in [0.1, 0.15) is 89.2 Å². The summed E-state index contributed by atoms with van der Waals surface area (Å²) in [7, 11) is 0. The molecule has 1 fully saturated rings. The molecule has 3 heterocycles. The molecule has 3 aliphatic rings. The molecule has 6 rings (SSSR count). The highest BCUT2D eigenvalue weighted by Crippen LogP contribution is 2.39. The maximum atomic E-state index is 13.3. The van der Waals surface area contributed by atoms with E-state index in [9.17, 15) is 9.59 Å². The number of hydrogen-bond acceptors (Lipinski definition) is 4. The first-order chi connectivity index (χ1) is 18.3. The summed E-state index contributed by atoms with van der Waals surface area (Å²) in [6.45, 7) is 8.56. The van der Waals surface area contributed by atoms with E-state index < -0.39 is 0 Å². The number of aromatic amines is 1. The number of nitrogens with one attached hydrogen (secondary N) is 2. The lowest BCUT2D eigenvalue weighted by atomic mass is 9.76. The largest absolute Gasteiger partial charge is 0.379 e. The summed E-state index contributed by atoms with van der Waals surface area (Å²) in [5, 5.41) is 11.0. The van der Waals surface area contributed by atoms with Crippen LogP contribution in [0.25, 0.3) is 11.3 Å². The Labute approximate surface area is 224 Å². The van der Waals surface area contributed by atoms with Crippen LogP contribution in [0.4, 0.5) is 0 Å². The monoisotopic (exact) mass is 512 g/mol. The van der Waals surface area contributed by atoms with Gasteiger partial charge in [-0.2, -0.15) is 5.10 Å².